The molecule has 1 aromatic carbocycles. The number of benzene rings is 1. The number of pyridine rings is 1. The molecule has 110 valence electrons. The van der Waals surface area contributed by atoms with Gasteiger partial charge in [0.05, 0.1) is 11.1 Å². The first-order valence-electron chi connectivity index (χ1n) is 6.68. The standard InChI is InChI=1S/C15H14N6O/c1-20(2)15(17-14(22)11-6-5-9-16-10-11)21-13-8-4-3-7-12(13)18-19-21/h3-10H,1-2H3/b17-15-. The molecule has 22 heavy (non-hydrogen) atoms. The Morgan fingerprint density at radius 2 is 2.00 bits per heavy atom. The lowest BCUT2D eigenvalue weighted by molar-refractivity contribution is 0.100. The zero-order valence-electron chi connectivity index (χ0n) is 12.2. The fourth-order valence-corrected chi connectivity index (χ4v) is 2.00. The van der Waals surface area contributed by atoms with E-state index in [-0.39, 0.29) is 5.91 Å². The summed E-state index contributed by atoms with van der Waals surface area (Å²) in [5.41, 5.74) is 1.95. The minimum absolute atomic E-state index is 0.378. The average Bonchev–Trinajstić information content (AvgIpc) is 2.96. The topological polar surface area (TPSA) is 76.3 Å². The minimum Gasteiger partial charge on any atom is -0.347 e. The van der Waals surface area contributed by atoms with Crippen LogP contribution in [0.5, 0.6) is 0 Å². The van der Waals surface area contributed by atoms with E-state index in [2.05, 4.69) is 20.3 Å². The monoisotopic (exact) mass is 294 g/mol. The van der Waals surface area contributed by atoms with E-state index in [4.69, 9.17) is 0 Å². The molecule has 2 heterocycles. The molecule has 7 heteroatoms. The third-order valence-corrected chi connectivity index (χ3v) is 3.05. The van der Waals surface area contributed by atoms with Gasteiger partial charge in [0.25, 0.3) is 5.91 Å². The summed E-state index contributed by atoms with van der Waals surface area (Å²) in [6, 6.07) is 10.9. The Kier molecular flexibility index (Phi) is 3.61. The summed E-state index contributed by atoms with van der Waals surface area (Å²) >= 11 is 0. The third kappa shape index (κ3) is 2.56. The van der Waals surface area contributed by atoms with Gasteiger partial charge in [-0.1, -0.05) is 17.3 Å². The van der Waals surface area contributed by atoms with Crippen LogP contribution in [0, 0.1) is 0 Å². The maximum atomic E-state index is 12.3. The van der Waals surface area contributed by atoms with Crippen molar-refractivity contribution in [3.05, 3.63) is 54.4 Å². The van der Waals surface area contributed by atoms with Crippen molar-refractivity contribution in [2.45, 2.75) is 0 Å². The Bertz CT molecular complexity index is 837. The van der Waals surface area contributed by atoms with Crippen LogP contribution in [0.15, 0.2) is 53.8 Å². The van der Waals surface area contributed by atoms with Crippen LogP contribution in [0.2, 0.25) is 0 Å². The summed E-state index contributed by atoms with van der Waals surface area (Å²) < 4.78 is 1.55. The molecule has 0 fully saturated rings. The molecule has 2 aromatic heterocycles. The largest absolute Gasteiger partial charge is 0.347 e. The van der Waals surface area contributed by atoms with Gasteiger partial charge in [-0.05, 0) is 24.3 Å². The van der Waals surface area contributed by atoms with Crippen molar-refractivity contribution in [1.29, 1.82) is 0 Å². The molecule has 0 aliphatic carbocycles. The molecule has 0 atom stereocenters. The van der Waals surface area contributed by atoms with Crippen molar-refractivity contribution >= 4 is 22.9 Å². The lowest BCUT2D eigenvalue weighted by Gasteiger charge is -2.15. The Hall–Kier alpha value is -3.09. The van der Waals surface area contributed by atoms with Crippen molar-refractivity contribution < 1.29 is 4.79 Å². The van der Waals surface area contributed by atoms with Gasteiger partial charge in [0, 0.05) is 26.5 Å². The predicted molar refractivity (Wildman–Crippen MR) is 82.6 cm³/mol. The van der Waals surface area contributed by atoms with Crippen molar-refractivity contribution in [1.82, 2.24) is 24.9 Å². The number of fused-ring (bicyclic) bond motifs is 1. The van der Waals surface area contributed by atoms with Crippen LogP contribution in [0.25, 0.3) is 11.0 Å². The third-order valence-electron chi connectivity index (χ3n) is 3.05. The highest BCUT2D eigenvalue weighted by Crippen LogP contribution is 2.11. The molecule has 3 rings (SSSR count). The van der Waals surface area contributed by atoms with Crippen LogP contribution in [-0.4, -0.2) is 50.8 Å². The van der Waals surface area contributed by atoms with E-state index in [9.17, 15) is 4.79 Å². The minimum atomic E-state index is -0.378. The zero-order chi connectivity index (χ0) is 15.5. The van der Waals surface area contributed by atoms with Gasteiger partial charge in [0.1, 0.15) is 5.52 Å². The molecule has 0 saturated heterocycles. The normalized spacial score (nSPS) is 11.6. The van der Waals surface area contributed by atoms with E-state index in [1.807, 2.05) is 24.3 Å². The number of hydrogen-bond donors (Lipinski definition) is 0. The molecule has 7 nitrogen and oxygen atoms in total. The number of rotatable bonds is 1. The van der Waals surface area contributed by atoms with Crippen LogP contribution in [0.3, 0.4) is 0 Å². The summed E-state index contributed by atoms with van der Waals surface area (Å²) in [7, 11) is 3.59. The lowest BCUT2D eigenvalue weighted by Crippen LogP contribution is -2.31. The van der Waals surface area contributed by atoms with Crippen molar-refractivity contribution in [3.63, 3.8) is 0 Å². The van der Waals surface area contributed by atoms with Crippen molar-refractivity contribution in [2.24, 2.45) is 4.99 Å². The molecule has 0 saturated carbocycles. The smallest absolute Gasteiger partial charge is 0.281 e. The second kappa shape index (κ2) is 5.72. The van der Waals surface area contributed by atoms with Crippen LogP contribution < -0.4 is 0 Å². The summed E-state index contributed by atoms with van der Waals surface area (Å²) in [6.07, 6.45) is 3.09. The maximum absolute atomic E-state index is 12.3. The molecule has 1 amide bonds. The molecule has 0 spiro atoms. The van der Waals surface area contributed by atoms with E-state index in [1.165, 1.54) is 6.20 Å². The van der Waals surface area contributed by atoms with Crippen LogP contribution >= 0.6 is 0 Å². The number of amides is 1. The van der Waals surface area contributed by atoms with Crippen molar-refractivity contribution in [3.8, 4) is 0 Å². The molecular weight excluding hydrogens is 280 g/mol. The van der Waals surface area contributed by atoms with Gasteiger partial charge in [0.15, 0.2) is 0 Å². The first-order valence-corrected chi connectivity index (χ1v) is 6.68. The van der Waals surface area contributed by atoms with Gasteiger partial charge < -0.3 is 4.90 Å². The summed E-state index contributed by atoms with van der Waals surface area (Å²) in [5.74, 6) is 0.0129. The number of aliphatic imine (C=N–C) groups is 1. The highest BCUT2D eigenvalue weighted by molar-refractivity contribution is 6.04. The van der Waals surface area contributed by atoms with E-state index in [0.717, 1.165) is 11.0 Å². The van der Waals surface area contributed by atoms with E-state index in [0.29, 0.717) is 11.5 Å². The molecule has 0 N–H and O–H groups in total. The molecule has 0 bridgehead atoms. The van der Waals surface area contributed by atoms with Crippen LogP contribution in [0.4, 0.5) is 0 Å². The van der Waals surface area contributed by atoms with Gasteiger partial charge in [-0.15, -0.1) is 5.10 Å². The maximum Gasteiger partial charge on any atom is 0.281 e. The van der Waals surface area contributed by atoms with Gasteiger partial charge in [0.2, 0.25) is 5.96 Å². The average molecular weight is 294 g/mol. The first kappa shape index (κ1) is 13.9. The Labute approximate surface area is 126 Å². The number of hydrogen-bond acceptors (Lipinski definition) is 4. The molecule has 0 aliphatic rings. The number of carbonyl (C=O) groups excluding carboxylic acids is 1. The van der Waals surface area contributed by atoms with Gasteiger partial charge in [-0.2, -0.15) is 9.67 Å². The summed E-state index contributed by atoms with van der Waals surface area (Å²) in [5, 5.41) is 8.17. The Morgan fingerprint density at radius 3 is 2.73 bits per heavy atom. The second-order valence-corrected chi connectivity index (χ2v) is 4.84. The molecule has 0 aliphatic heterocycles. The number of aromatic nitrogens is 4. The van der Waals surface area contributed by atoms with E-state index < -0.39 is 0 Å². The Morgan fingerprint density at radius 1 is 1.18 bits per heavy atom. The number of nitrogens with zero attached hydrogens (tertiary/aromatic N) is 6. The predicted octanol–water partition coefficient (Wildman–Crippen LogP) is 1.43. The second-order valence-electron chi connectivity index (χ2n) is 4.84. The summed E-state index contributed by atoms with van der Waals surface area (Å²) in [4.78, 5) is 22.1. The van der Waals surface area contributed by atoms with E-state index in [1.54, 1.807) is 42.0 Å². The van der Waals surface area contributed by atoms with Crippen LogP contribution in [0.1, 0.15) is 10.4 Å². The molecule has 3 aromatic rings. The highest BCUT2D eigenvalue weighted by atomic mass is 16.1. The fraction of sp³-hybridized carbons (Fsp3) is 0.133. The quantitative estimate of drug-likeness (QED) is 0.501. The number of para-hydroxylation sites is 1. The SMILES string of the molecule is CN(C)/C(=N/C(=O)c1cccnc1)n1nnc2ccccc21. The van der Waals surface area contributed by atoms with Crippen molar-refractivity contribution in [2.75, 3.05) is 14.1 Å². The summed E-state index contributed by atoms with van der Waals surface area (Å²) in [6.45, 7) is 0. The van der Waals surface area contributed by atoms with Gasteiger partial charge in [-0.3, -0.25) is 9.78 Å². The molecule has 0 unspecified atom stereocenters. The fourth-order valence-electron chi connectivity index (χ4n) is 2.00. The van der Waals surface area contributed by atoms with Gasteiger partial charge in [-0.25, -0.2) is 0 Å². The lowest BCUT2D eigenvalue weighted by atomic mass is 10.3. The van der Waals surface area contributed by atoms with Crippen LogP contribution in [-0.2, 0) is 0 Å². The number of carbonyl (C=O) groups is 1. The molecule has 0 radical (unpaired) electrons. The molecular formula is C15H14N6O. The highest BCUT2D eigenvalue weighted by Gasteiger charge is 2.14. The van der Waals surface area contributed by atoms with Gasteiger partial charge >= 0.3 is 0 Å². The zero-order valence-corrected chi connectivity index (χ0v) is 12.2. The first-order chi connectivity index (χ1) is 10.7. The van der Waals surface area contributed by atoms with E-state index >= 15 is 0 Å². The Balaban J connectivity index is 2.07.